The predicted octanol–water partition coefficient (Wildman–Crippen LogP) is 4.50. The Balaban J connectivity index is 1.72. The van der Waals surface area contributed by atoms with Crippen LogP contribution in [0.2, 0.25) is 0 Å². The predicted molar refractivity (Wildman–Crippen MR) is 99.1 cm³/mol. The van der Waals surface area contributed by atoms with E-state index in [4.69, 9.17) is 12.2 Å². The molecule has 0 N–H and O–H groups in total. The van der Waals surface area contributed by atoms with Gasteiger partial charge in [0.05, 0.1) is 4.91 Å². The Bertz CT molecular complexity index is 733. The molecule has 0 unspecified atom stereocenters. The second-order valence-electron chi connectivity index (χ2n) is 5.04. The number of thiophene rings is 1. The molecule has 0 aliphatic carbocycles. The summed E-state index contributed by atoms with van der Waals surface area (Å²) in [5, 5.41) is 2.04. The number of nitrogens with zero attached hydrogens (tertiary/aromatic N) is 1. The van der Waals surface area contributed by atoms with Gasteiger partial charge in [0, 0.05) is 11.4 Å². The Morgan fingerprint density at radius 1 is 1.23 bits per heavy atom. The first-order chi connectivity index (χ1) is 10.6. The molecule has 2 heterocycles. The lowest BCUT2D eigenvalue weighted by molar-refractivity contribution is -0.122. The van der Waals surface area contributed by atoms with Crippen LogP contribution in [0.4, 0.5) is 0 Å². The van der Waals surface area contributed by atoms with Crippen molar-refractivity contribution >= 4 is 51.6 Å². The van der Waals surface area contributed by atoms with Gasteiger partial charge in [0.2, 0.25) is 0 Å². The topological polar surface area (TPSA) is 20.3 Å². The second kappa shape index (κ2) is 6.77. The van der Waals surface area contributed by atoms with Crippen LogP contribution in [0, 0.1) is 6.92 Å². The molecule has 1 aromatic heterocycles. The van der Waals surface area contributed by atoms with E-state index < -0.39 is 0 Å². The molecule has 5 heteroatoms. The Hall–Kier alpha value is -1.43. The summed E-state index contributed by atoms with van der Waals surface area (Å²) in [5.74, 6) is 0.0266. The van der Waals surface area contributed by atoms with E-state index in [0.29, 0.717) is 10.9 Å². The molecule has 0 bridgehead atoms. The molecule has 1 aliphatic heterocycles. The van der Waals surface area contributed by atoms with E-state index in [9.17, 15) is 4.79 Å². The van der Waals surface area contributed by atoms with Gasteiger partial charge in [-0.25, -0.2) is 0 Å². The quantitative estimate of drug-likeness (QED) is 0.601. The summed E-state index contributed by atoms with van der Waals surface area (Å²) in [6, 6.07) is 12.2. The van der Waals surface area contributed by atoms with Gasteiger partial charge in [-0.15, -0.1) is 11.3 Å². The summed E-state index contributed by atoms with van der Waals surface area (Å²) >= 11 is 8.42. The van der Waals surface area contributed by atoms with Gasteiger partial charge in [0.25, 0.3) is 5.91 Å². The molecule has 0 spiro atoms. The number of benzene rings is 1. The zero-order valence-electron chi connectivity index (χ0n) is 12.1. The summed E-state index contributed by atoms with van der Waals surface area (Å²) in [5.41, 5.74) is 2.41. The fourth-order valence-electron chi connectivity index (χ4n) is 2.23. The molecule has 1 aromatic carbocycles. The molecule has 0 atom stereocenters. The van der Waals surface area contributed by atoms with Gasteiger partial charge in [-0.2, -0.15) is 0 Å². The molecule has 1 saturated heterocycles. The number of rotatable bonds is 4. The number of hydrogen-bond donors (Lipinski definition) is 0. The number of thiocarbonyl (C=S) groups is 1. The average molecular weight is 346 g/mol. The molecule has 1 amide bonds. The minimum atomic E-state index is 0.0266. The maximum Gasteiger partial charge on any atom is 0.266 e. The van der Waals surface area contributed by atoms with Crippen LogP contribution in [0.25, 0.3) is 6.08 Å². The number of hydrogen-bond acceptors (Lipinski definition) is 4. The van der Waals surface area contributed by atoms with Crippen LogP contribution in [-0.4, -0.2) is 21.7 Å². The van der Waals surface area contributed by atoms with Gasteiger partial charge in [-0.3, -0.25) is 9.69 Å². The van der Waals surface area contributed by atoms with E-state index in [-0.39, 0.29) is 5.91 Å². The number of carbonyl (C=O) groups excluding carboxylic acids is 1. The third kappa shape index (κ3) is 3.32. The smallest absolute Gasteiger partial charge is 0.266 e. The third-order valence-electron chi connectivity index (χ3n) is 3.50. The fourth-order valence-corrected chi connectivity index (χ4v) is 4.45. The van der Waals surface area contributed by atoms with E-state index in [1.54, 1.807) is 16.2 Å². The summed E-state index contributed by atoms with van der Waals surface area (Å²) < 4.78 is 0.654. The highest BCUT2D eigenvalue weighted by atomic mass is 32.2. The first-order valence-electron chi connectivity index (χ1n) is 6.98. The van der Waals surface area contributed by atoms with Gasteiger partial charge < -0.3 is 0 Å². The summed E-state index contributed by atoms with van der Waals surface area (Å²) in [7, 11) is 0. The average Bonchev–Trinajstić information content (AvgIpc) is 3.03. The van der Waals surface area contributed by atoms with Crippen molar-refractivity contribution in [1.82, 2.24) is 4.90 Å². The van der Waals surface area contributed by atoms with Crippen LogP contribution in [0.5, 0.6) is 0 Å². The van der Waals surface area contributed by atoms with Crippen molar-refractivity contribution in [2.24, 2.45) is 0 Å². The van der Waals surface area contributed by atoms with Gasteiger partial charge in [-0.05, 0) is 42.0 Å². The molecule has 0 saturated carbocycles. The number of amides is 1. The zero-order valence-corrected chi connectivity index (χ0v) is 14.6. The lowest BCUT2D eigenvalue weighted by Crippen LogP contribution is -2.30. The molecular formula is C17H15NOS3. The van der Waals surface area contributed by atoms with Gasteiger partial charge in [-0.1, -0.05) is 54.3 Å². The number of carbonyl (C=O) groups is 1. The summed E-state index contributed by atoms with van der Waals surface area (Å²) in [6.45, 7) is 2.69. The van der Waals surface area contributed by atoms with Crippen molar-refractivity contribution in [1.29, 1.82) is 0 Å². The molecule has 22 heavy (non-hydrogen) atoms. The van der Waals surface area contributed by atoms with Crippen LogP contribution in [0.15, 0.2) is 46.7 Å². The monoisotopic (exact) mass is 345 g/mol. The SMILES string of the molecule is Cc1ccsc1/C=C1/SC(=S)N(CCc2ccccc2)C1=O. The number of thioether (sulfide) groups is 1. The van der Waals surface area contributed by atoms with Crippen molar-refractivity contribution < 1.29 is 4.79 Å². The highest BCUT2D eigenvalue weighted by Crippen LogP contribution is 2.34. The molecule has 2 aromatic rings. The first kappa shape index (κ1) is 15.5. The van der Waals surface area contributed by atoms with Crippen molar-refractivity contribution in [3.63, 3.8) is 0 Å². The van der Waals surface area contributed by atoms with Crippen molar-refractivity contribution in [2.75, 3.05) is 6.54 Å². The normalized spacial score (nSPS) is 16.8. The minimum absolute atomic E-state index is 0.0266. The van der Waals surface area contributed by atoms with Crippen LogP contribution < -0.4 is 0 Å². The highest BCUT2D eigenvalue weighted by Gasteiger charge is 2.31. The Morgan fingerprint density at radius 2 is 2.00 bits per heavy atom. The highest BCUT2D eigenvalue weighted by molar-refractivity contribution is 8.26. The Labute approximate surface area is 143 Å². The molecule has 0 radical (unpaired) electrons. The lowest BCUT2D eigenvalue weighted by atomic mass is 10.1. The summed E-state index contributed by atoms with van der Waals surface area (Å²) in [6.07, 6.45) is 2.78. The maximum atomic E-state index is 12.5. The van der Waals surface area contributed by atoms with E-state index in [2.05, 4.69) is 25.1 Å². The largest absolute Gasteiger partial charge is 0.293 e. The van der Waals surface area contributed by atoms with Crippen molar-refractivity contribution in [3.8, 4) is 0 Å². The molecule has 1 aliphatic rings. The zero-order chi connectivity index (χ0) is 15.5. The van der Waals surface area contributed by atoms with Crippen molar-refractivity contribution in [2.45, 2.75) is 13.3 Å². The Kier molecular flexibility index (Phi) is 4.76. The Morgan fingerprint density at radius 3 is 2.68 bits per heavy atom. The molecule has 2 nitrogen and oxygen atoms in total. The number of aryl methyl sites for hydroxylation is 1. The van der Waals surface area contributed by atoms with Crippen LogP contribution in [0.3, 0.4) is 0 Å². The lowest BCUT2D eigenvalue weighted by Gasteiger charge is -2.14. The van der Waals surface area contributed by atoms with Crippen LogP contribution in [-0.2, 0) is 11.2 Å². The van der Waals surface area contributed by atoms with E-state index in [1.807, 2.05) is 29.7 Å². The fraction of sp³-hybridized carbons (Fsp3) is 0.176. The second-order valence-corrected chi connectivity index (χ2v) is 7.66. The standard InChI is InChI=1S/C17H15NOS3/c1-12-8-10-21-14(12)11-15-16(19)18(17(20)22-15)9-7-13-5-3-2-4-6-13/h2-6,8,10-11H,7,9H2,1H3/b15-11+. The van der Waals surface area contributed by atoms with Crippen molar-refractivity contribution in [3.05, 3.63) is 62.7 Å². The minimum Gasteiger partial charge on any atom is -0.293 e. The van der Waals surface area contributed by atoms with Gasteiger partial charge in [0.15, 0.2) is 0 Å². The summed E-state index contributed by atoms with van der Waals surface area (Å²) in [4.78, 5) is 16.1. The van der Waals surface area contributed by atoms with E-state index in [0.717, 1.165) is 16.2 Å². The first-order valence-corrected chi connectivity index (χ1v) is 9.09. The van der Waals surface area contributed by atoms with E-state index in [1.165, 1.54) is 22.9 Å². The molecule has 112 valence electrons. The van der Waals surface area contributed by atoms with Gasteiger partial charge >= 0.3 is 0 Å². The molecule has 1 fully saturated rings. The van der Waals surface area contributed by atoms with E-state index >= 15 is 0 Å². The molecule has 3 rings (SSSR count). The molecular weight excluding hydrogens is 330 g/mol. The van der Waals surface area contributed by atoms with Gasteiger partial charge in [0.1, 0.15) is 4.32 Å². The maximum absolute atomic E-state index is 12.5. The van der Waals surface area contributed by atoms with Crippen LogP contribution >= 0.6 is 35.3 Å². The van der Waals surface area contributed by atoms with Crippen LogP contribution in [0.1, 0.15) is 16.0 Å². The third-order valence-corrected chi connectivity index (χ3v) is 5.85.